The van der Waals surface area contributed by atoms with E-state index in [2.05, 4.69) is 4.98 Å². The van der Waals surface area contributed by atoms with Gasteiger partial charge in [0.25, 0.3) is 0 Å². The van der Waals surface area contributed by atoms with Crippen LogP contribution in [0.3, 0.4) is 0 Å². The van der Waals surface area contributed by atoms with E-state index in [9.17, 15) is 16.8 Å². The van der Waals surface area contributed by atoms with Gasteiger partial charge in [-0.3, -0.25) is 4.98 Å². The van der Waals surface area contributed by atoms with Crippen molar-refractivity contribution in [1.82, 2.24) is 4.98 Å². The first-order valence-electron chi connectivity index (χ1n) is 8.70. The summed E-state index contributed by atoms with van der Waals surface area (Å²) in [7, 11) is -7.25. The van der Waals surface area contributed by atoms with E-state index in [0.717, 1.165) is 6.26 Å². The van der Waals surface area contributed by atoms with Gasteiger partial charge in [-0.05, 0) is 44.0 Å². The number of pyridine rings is 1. The van der Waals surface area contributed by atoms with E-state index < -0.39 is 30.5 Å². The van der Waals surface area contributed by atoms with Crippen LogP contribution >= 0.6 is 11.6 Å². The molecule has 10 heteroatoms. The van der Waals surface area contributed by atoms with Crippen LogP contribution in [0.5, 0.6) is 0 Å². The average molecular weight is 455 g/mol. The Balaban J connectivity index is 1.97. The Bertz CT molecular complexity index is 1210. The number of hydrogen-bond donors (Lipinski definition) is 0. The fraction of sp³-hybridized carbons (Fsp3) is 0.368. The van der Waals surface area contributed by atoms with Crippen LogP contribution in [0.2, 0.25) is 5.02 Å². The maximum Gasteiger partial charge on any atom is 0.184 e. The first kappa shape index (κ1) is 21.7. The number of halogens is 1. The summed E-state index contributed by atoms with van der Waals surface area (Å²) >= 11 is 6.24. The molecule has 0 spiro atoms. The predicted molar refractivity (Wildman–Crippen MR) is 107 cm³/mol. The summed E-state index contributed by atoms with van der Waals surface area (Å²) in [5.41, 5.74) is 0.560. The summed E-state index contributed by atoms with van der Waals surface area (Å²) in [4.78, 5) is 4.19. The lowest BCUT2D eigenvalue weighted by atomic mass is 9.94. The SMILES string of the molecule is CC1(S(=O)(=O)c2cccc(C#N)c2)CCOC(c2ncc(S(C)(=O)=O)cc2Cl)C1. The first-order valence-corrected chi connectivity index (χ1v) is 12.5. The van der Waals surface area contributed by atoms with Crippen molar-refractivity contribution in [3.05, 3.63) is 52.8 Å². The van der Waals surface area contributed by atoms with Gasteiger partial charge in [-0.25, -0.2) is 16.8 Å². The standard InChI is InChI=1S/C19H19ClN2O5S2/c1-19(29(25,26)14-5-3-4-13(8-14)11-21)6-7-27-17(10-19)18-16(20)9-15(12-22-18)28(2,23)24/h3-5,8-9,12,17H,6-7,10H2,1-2H3. The van der Waals surface area contributed by atoms with E-state index in [1.807, 2.05) is 6.07 Å². The van der Waals surface area contributed by atoms with E-state index in [4.69, 9.17) is 21.6 Å². The highest BCUT2D eigenvalue weighted by molar-refractivity contribution is 7.92. The zero-order chi connectivity index (χ0) is 21.4. The van der Waals surface area contributed by atoms with Crippen molar-refractivity contribution in [1.29, 1.82) is 5.26 Å². The lowest BCUT2D eigenvalue weighted by molar-refractivity contribution is -0.00216. The maximum atomic E-state index is 13.3. The van der Waals surface area contributed by atoms with Crippen LogP contribution in [-0.2, 0) is 24.4 Å². The molecule has 0 aliphatic carbocycles. The largest absolute Gasteiger partial charge is 0.372 e. The van der Waals surface area contributed by atoms with E-state index in [1.54, 1.807) is 13.0 Å². The molecule has 7 nitrogen and oxygen atoms in total. The summed E-state index contributed by atoms with van der Waals surface area (Å²) < 4.78 is 54.6. The molecule has 1 aromatic carbocycles. The molecule has 29 heavy (non-hydrogen) atoms. The highest BCUT2D eigenvalue weighted by Crippen LogP contribution is 2.43. The minimum absolute atomic E-state index is 0.0224. The van der Waals surface area contributed by atoms with Crippen molar-refractivity contribution in [2.75, 3.05) is 12.9 Å². The molecular formula is C19H19ClN2O5S2. The molecule has 2 heterocycles. The number of sulfone groups is 2. The van der Waals surface area contributed by atoms with E-state index >= 15 is 0 Å². The molecule has 1 aliphatic heterocycles. The Labute approximate surface area is 175 Å². The molecule has 1 aliphatic rings. The smallest absolute Gasteiger partial charge is 0.184 e. The quantitative estimate of drug-likeness (QED) is 0.697. The van der Waals surface area contributed by atoms with Crippen molar-refractivity contribution in [3.63, 3.8) is 0 Å². The molecule has 0 radical (unpaired) electrons. The third-order valence-corrected chi connectivity index (χ3v) is 8.99. The molecule has 0 amide bonds. The summed E-state index contributed by atoms with van der Waals surface area (Å²) in [6.07, 6.45) is 1.90. The number of hydrogen-bond acceptors (Lipinski definition) is 7. The van der Waals surface area contributed by atoms with Gasteiger partial charge < -0.3 is 4.74 Å². The predicted octanol–water partition coefficient (Wildman–Crippen LogP) is 3.09. The van der Waals surface area contributed by atoms with Gasteiger partial charge in [-0.2, -0.15) is 5.26 Å². The molecule has 2 unspecified atom stereocenters. The molecule has 154 valence electrons. The molecule has 0 saturated carbocycles. The highest BCUT2D eigenvalue weighted by Gasteiger charge is 2.45. The van der Waals surface area contributed by atoms with Gasteiger partial charge in [0.2, 0.25) is 0 Å². The Morgan fingerprint density at radius 1 is 1.24 bits per heavy atom. The molecule has 2 aromatic rings. The van der Waals surface area contributed by atoms with Gasteiger partial charge in [-0.15, -0.1) is 0 Å². The molecule has 1 aromatic heterocycles. The van der Waals surface area contributed by atoms with Crippen LogP contribution in [-0.4, -0.2) is 39.4 Å². The molecule has 0 N–H and O–H groups in total. The minimum Gasteiger partial charge on any atom is -0.372 e. The van der Waals surface area contributed by atoms with Crippen LogP contribution in [0.4, 0.5) is 0 Å². The van der Waals surface area contributed by atoms with Crippen LogP contribution in [0.1, 0.15) is 37.1 Å². The number of nitriles is 1. The molecule has 0 bridgehead atoms. The third-order valence-electron chi connectivity index (χ3n) is 5.07. The maximum absolute atomic E-state index is 13.3. The topological polar surface area (TPSA) is 114 Å². The fourth-order valence-electron chi connectivity index (χ4n) is 3.28. The Morgan fingerprint density at radius 2 is 1.97 bits per heavy atom. The van der Waals surface area contributed by atoms with Gasteiger partial charge in [0.15, 0.2) is 19.7 Å². The van der Waals surface area contributed by atoms with Gasteiger partial charge >= 0.3 is 0 Å². The van der Waals surface area contributed by atoms with E-state index in [1.165, 1.54) is 30.5 Å². The summed E-state index contributed by atoms with van der Waals surface area (Å²) in [6, 6.07) is 9.15. The summed E-state index contributed by atoms with van der Waals surface area (Å²) in [5.74, 6) is 0. The zero-order valence-corrected chi connectivity index (χ0v) is 18.2. The van der Waals surface area contributed by atoms with Crippen LogP contribution in [0.15, 0.2) is 46.3 Å². The molecule has 3 rings (SSSR count). The lowest BCUT2D eigenvalue weighted by Crippen LogP contribution is -2.42. The molecule has 1 fully saturated rings. The zero-order valence-electron chi connectivity index (χ0n) is 15.8. The van der Waals surface area contributed by atoms with Crippen molar-refractivity contribution >= 4 is 31.3 Å². The average Bonchev–Trinajstić information content (AvgIpc) is 2.67. The van der Waals surface area contributed by atoms with Crippen molar-refractivity contribution in [3.8, 4) is 6.07 Å². The number of aromatic nitrogens is 1. The fourth-order valence-corrected chi connectivity index (χ4v) is 6.04. The molecule has 1 saturated heterocycles. The minimum atomic E-state index is -3.78. The third kappa shape index (κ3) is 4.16. The monoisotopic (exact) mass is 454 g/mol. The van der Waals surface area contributed by atoms with Gasteiger partial charge in [0, 0.05) is 19.1 Å². The van der Waals surface area contributed by atoms with Gasteiger partial charge in [-0.1, -0.05) is 17.7 Å². The Hall–Kier alpha value is -1.99. The van der Waals surface area contributed by atoms with Crippen molar-refractivity contribution < 1.29 is 21.6 Å². The second-order valence-electron chi connectivity index (χ2n) is 7.22. The normalized spacial score (nSPS) is 22.8. The van der Waals surface area contributed by atoms with Crippen LogP contribution in [0, 0.1) is 11.3 Å². The second-order valence-corrected chi connectivity index (χ2v) is 12.1. The number of ether oxygens (including phenoxy) is 1. The van der Waals surface area contributed by atoms with E-state index in [0.29, 0.717) is 5.69 Å². The first-order chi connectivity index (χ1) is 13.5. The van der Waals surface area contributed by atoms with Crippen molar-refractivity contribution in [2.45, 2.75) is 40.4 Å². The van der Waals surface area contributed by atoms with Crippen molar-refractivity contribution in [2.24, 2.45) is 0 Å². The van der Waals surface area contributed by atoms with Gasteiger partial charge in [0.1, 0.15) is 6.10 Å². The Kier molecular flexibility index (Phi) is 5.75. The lowest BCUT2D eigenvalue weighted by Gasteiger charge is -2.37. The number of rotatable bonds is 4. The summed E-state index contributed by atoms with van der Waals surface area (Å²) in [6.45, 7) is 1.81. The van der Waals surface area contributed by atoms with Gasteiger partial charge in [0.05, 0.1) is 36.9 Å². The highest BCUT2D eigenvalue weighted by atomic mass is 35.5. The Morgan fingerprint density at radius 3 is 2.59 bits per heavy atom. The number of nitrogens with zero attached hydrogens (tertiary/aromatic N) is 2. The second kappa shape index (κ2) is 7.69. The van der Waals surface area contributed by atoms with E-state index in [-0.39, 0.29) is 39.8 Å². The van der Waals surface area contributed by atoms with Crippen LogP contribution < -0.4 is 0 Å². The van der Waals surface area contributed by atoms with Crippen LogP contribution in [0.25, 0.3) is 0 Å². The number of benzene rings is 1. The summed E-state index contributed by atoms with van der Waals surface area (Å²) in [5, 5.41) is 9.18. The molecular weight excluding hydrogens is 436 g/mol. The molecule has 2 atom stereocenters.